The molecule has 19 heavy (non-hydrogen) atoms. The molecule has 2 saturated heterocycles. The third-order valence-corrected chi connectivity index (χ3v) is 4.31. The zero-order chi connectivity index (χ0) is 13.7. The first-order valence-electron chi connectivity index (χ1n) is 7.28. The van der Waals surface area contributed by atoms with E-state index in [0.29, 0.717) is 6.04 Å². The minimum atomic E-state index is 0.645. The molecule has 2 heterocycles. The highest BCUT2D eigenvalue weighted by Crippen LogP contribution is 2.40. The lowest BCUT2D eigenvalue weighted by Gasteiger charge is -2.34. The summed E-state index contributed by atoms with van der Waals surface area (Å²) in [6, 6.07) is 10.1. The second kappa shape index (κ2) is 6.75. The van der Waals surface area contributed by atoms with E-state index >= 15 is 0 Å². The lowest BCUT2D eigenvalue weighted by Crippen LogP contribution is -2.35. The van der Waals surface area contributed by atoms with Gasteiger partial charge in [0.2, 0.25) is 0 Å². The third kappa shape index (κ3) is 3.00. The number of hydrogen-bond acceptors (Lipinski definition) is 2. The fraction of sp³-hybridized carbons (Fsp3) is 0.529. The summed E-state index contributed by atoms with van der Waals surface area (Å²) in [5, 5.41) is 0. The van der Waals surface area contributed by atoms with Crippen molar-refractivity contribution in [1.82, 2.24) is 4.90 Å². The Morgan fingerprint density at radius 2 is 1.84 bits per heavy atom. The lowest BCUT2D eigenvalue weighted by atomic mass is 10.0. The quantitative estimate of drug-likeness (QED) is 0.783. The maximum atomic E-state index is 5.40. The van der Waals surface area contributed by atoms with Crippen molar-refractivity contribution in [2.45, 2.75) is 44.2 Å². The molecule has 2 aliphatic heterocycles. The molecule has 2 fully saturated rings. The molecule has 2 N–H and O–H groups in total. The van der Waals surface area contributed by atoms with Crippen LogP contribution in [0.1, 0.15) is 49.3 Å². The SMILES string of the molecule is C#Cc1ccc(C2CCC3CCCCN32)cc1.CN. The summed E-state index contributed by atoms with van der Waals surface area (Å²) in [6.07, 6.45) is 12.3. The van der Waals surface area contributed by atoms with E-state index in [4.69, 9.17) is 6.42 Å². The predicted molar refractivity (Wildman–Crippen MR) is 80.8 cm³/mol. The van der Waals surface area contributed by atoms with Crippen molar-refractivity contribution < 1.29 is 0 Å². The summed E-state index contributed by atoms with van der Waals surface area (Å²) in [7, 11) is 1.50. The maximum absolute atomic E-state index is 5.40. The van der Waals surface area contributed by atoms with Crippen LogP contribution in [-0.4, -0.2) is 24.5 Å². The average Bonchev–Trinajstić information content (AvgIpc) is 2.93. The maximum Gasteiger partial charge on any atom is 0.0351 e. The van der Waals surface area contributed by atoms with Crippen LogP contribution in [-0.2, 0) is 0 Å². The van der Waals surface area contributed by atoms with E-state index in [1.807, 2.05) is 0 Å². The summed E-state index contributed by atoms with van der Waals surface area (Å²) in [6.45, 7) is 1.28. The molecule has 2 atom stereocenters. The zero-order valence-corrected chi connectivity index (χ0v) is 11.8. The summed E-state index contributed by atoms with van der Waals surface area (Å²) in [5.74, 6) is 2.69. The van der Waals surface area contributed by atoms with Gasteiger partial charge in [0.15, 0.2) is 0 Å². The predicted octanol–water partition coefficient (Wildman–Crippen LogP) is 2.93. The van der Waals surface area contributed by atoms with E-state index in [0.717, 1.165) is 11.6 Å². The fourth-order valence-corrected chi connectivity index (χ4v) is 3.42. The van der Waals surface area contributed by atoms with Gasteiger partial charge in [-0.05, 0) is 57.0 Å². The molecule has 0 saturated carbocycles. The van der Waals surface area contributed by atoms with E-state index in [1.165, 1.54) is 51.3 Å². The van der Waals surface area contributed by atoms with Crippen LogP contribution >= 0.6 is 0 Å². The van der Waals surface area contributed by atoms with Crippen LogP contribution in [0.2, 0.25) is 0 Å². The third-order valence-electron chi connectivity index (χ3n) is 4.31. The lowest BCUT2D eigenvalue weighted by molar-refractivity contribution is 0.150. The van der Waals surface area contributed by atoms with Crippen LogP contribution in [0.4, 0.5) is 0 Å². The van der Waals surface area contributed by atoms with Crippen LogP contribution in [0.15, 0.2) is 24.3 Å². The van der Waals surface area contributed by atoms with E-state index in [2.05, 4.69) is 40.8 Å². The van der Waals surface area contributed by atoms with Gasteiger partial charge in [-0.3, -0.25) is 4.90 Å². The number of piperidine rings is 1. The number of benzene rings is 1. The molecule has 1 aromatic carbocycles. The highest BCUT2D eigenvalue weighted by Gasteiger charge is 2.35. The molecule has 0 radical (unpaired) electrons. The smallest absolute Gasteiger partial charge is 0.0351 e. The topological polar surface area (TPSA) is 29.3 Å². The summed E-state index contributed by atoms with van der Waals surface area (Å²) in [5.41, 5.74) is 6.94. The molecule has 0 aliphatic carbocycles. The molecule has 0 bridgehead atoms. The number of nitrogens with zero attached hydrogens (tertiary/aromatic N) is 1. The van der Waals surface area contributed by atoms with Crippen LogP contribution < -0.4 is 5.73 Å². The Morgan fingerprint density at radius 1 is 1.11 bits per heavy atom. The van der Waals surface area contributed by atoms with Crippen molar-refractivity contribution in [2.75, 3.05) is 13.6 Å². The summed E-state index contributed by atoms with van der Waals surface area (Å²) < 4.78 is 0. The highest BCUT2D eigenvalue weighted by molar-refractivity contribution is 5.35. The molecule has 0 amide bonds. The molecule has 2 heteroatoms. The minimum Gasteiger partial charge on any atom is -0.333 e. The molecule has 2 nitrogen and oxygen atoms in total. The molecule has 0 spiro atoms. The van der Waals surface area contributed by atoms with Crippen LogP contribution in [0.3, 0.4) is 0 Å². The molecule has 2 unspecified atom stereocenters. The van der Waals surface area contributed by atoms with Crippen LogP contribution in [0.25, 0.3) is 0 Å². The van der Waals surface area contributed by atoms with Gasteiger partial charge in [-0.1, -0.05) is 24.5 Å². The normalized spacial score (nSPS) is 25.9. The number of hydrogen-bond donors (Lipinski definition) is 1. The first-order valence-corrected chi connectivity index (χ1v) is 7.28. The fourth-order valence-electron chi connectivity index (χ4n) is 3.42. The molecular weight excluding hydrogens is 232 g/mol. The first kappa shape index (κ1) is 14.1. The Bertz CT molecular complexity index is 430. The van der Waals surface area contributed by atoms with E-state index in [1.54, 1.807) is 0 Å². The molecule has 3 rings (SSSR count). The zero-order valence-electron chi connectivity index (χ0n) is 11.8. The summed E-state index contributed by atoms with van der Waals surface area (Å²) in [4.78, 5) is 2.72. The highest BCUT2D eigenvalue weighted by atomic mass is 15.2. The van der Waals surface area contributed by atoms with Gasteiger partial charge >= 0.3 is 0 Å². The molecular formula is C17H24N2. The van der Waals surface area contributed by atoms with E-state index in [-0.39, 0.29) is 0 Å². The van der Waals surface area contributed by atoms with E-state index < -0.39 is 0 Å². The Balaban J connectivity index is 0.000000637. The molecule has 2 aliphatic rings. The van der Waals surface area contributed by atoms with Gasteiger partial charge in [-0.2, -0.15) is 0 Å². The minimum absolute atomic E-state index is 0.645. The van der Waals surface area contributed by atoms with Gasteiger partial charge < -0.3 is 5.73 Å². The Labute approximate surface area is 117 Å². The van der Waals surface area contributed by atoms with Crippen molar-refractivity contribution in [3.8, 4) is 12.3 Å². The van der Waals surface area contributed by atoms with Gasteiger partial charge in [0.25, 0.3) is 0 Å². The van der Waals surface area contributed by atoms with Gasteiger partial charge in [0.05, 0.1) is 0 Å². The van der Waals surface area contributed by atoms with Gasteiger partial charge in [-0.25, -0.2) is 0 Å². The Morgan fingerprint density at radius 3 is 2.53 bits per heavy atom. The van der Waals surface area contributed by atoms with Crippen molar-refractivity contribution in [3.05, 3.63) is 35.4 Å². The average molecular weight is 256 g/mol. The van der Waals surface area contributed by atoms with Crippen LogP contribution in [0.5, 0.6) is 0 Å². The number of nitrogens with two attached hydrogens (primary N) is 1. The van der Waals surface area contributed by atoms with Crippen molar-refractivity contribution in [2.24, 2.45) is 5.73 Å². The van der Waals surface area contributed by atoms with Crippen molar-refractivity contribution >= 4 is 0 Å². The number of fused-ring (bicyclic) bond motifs is 1. The molecule has 0 aromatic heterocycles. The van der Waals surface area contributed by atoms with E-state index in [9.17, 15) is 0 Å². The largest absolute Gasteiger partial charge is 0.333 e. The number of terminal acetylenes is 1. The van der Waals surface area contributed by atoms with Gasteiger partial charge in [0.1, 0.15) is 0 Å². The Hall–Kier alpha value is -1.30. The van der Waals surface area contributed by atoms with Crippen molar-refractivity contribution in [1.29, 1.82) is 0 Å². The second-order valence-electron chi connectivity index (χ2n) is 5.25. The first-order chi connectivity index (χ1) is 9.38. The van der Waals surface area contributed by atoms with Crippen LogP contribution in [0, 0.1) is 12.3 Å². The second-order valence-corrected chi connectivity index (χ2v) is 5.25. The van der Waals surface area contributed by atoms with Gasteiger partial charge in [-0.15, -0.1) is 6.42 Å². The Kier molecular flexibility index (Phi) is 5.01. The van der Waals surface area contributed by atoms with Crippen molar-refractivity contribution in [3.63, 3.8) is 0 Å². The monoisotopic (exact) mass is 256 g/mol. The van der Waals surface area contributed by atoms with Gasteiger partial charge in [0, 0.05) is 17.6 Å². The standard InChI is InChI=1S/C16H19N.CH5N/c1-2-13-6-8-14(9-7-13)16-11-10-15-5-3-4-12-17(15)16;1-2/h1,6-9,15-16H,3-5,10-12H2;2H2,1H3. The summed E-state index contributed by atoms with van der Waals surface area (Å²) >= 11 is 0. The number of rotatable bonds is 1. The molecule has 1 aromatic rings. The molecule has 102 valence electrons.